The first-order valence-electron chi connectivity index (χ1n) is 3.94. The minimum Gasteiger partial charge on any atom is -0.253 e. The van der Waals surface area contributed by atoms with E-state index in [-0.39, 0.29) is 5.03 Å². The summed E-state index contributed by atoms with van der Waals surface area (Å²) in [5, 5.41) is 4.10. The Kier molecular flexibility index (Phi) is 2.98. The van der Waals surface area contributed by atoms with Gasteiger partial charge < -0.3 is 0 Å². The van der Waals surface area contributed by atoms with Gasteiger partial charge in [0.1, 0.15) is 0 Å². The van der Waals surface area contributed by atoms with Crippen molar-refractivity contribution in [3.8, 4) is 0 Å². The highest BCUT2D eigenvalue weighted by Gasteiger charge is 2.17. The maximum Gasteiger partial charge on any atom is 0.278 e. The van der Waals surface area contributed by atoms with Gasteiger partial charge in [-0.1, -0.05) is 6.92 Å². The van der Waals surface area contributed by atoms with Crippen LogP contribution < -0.4 is 0 Å². The van der Waals surface area contributed by atoms with Crippen molar-refractivity contribution in [3.63, 3.8) is 0 Å². The number of rotatable bonds is 3. The number of aryl methyl sites for hydroxylation is 2. The number of nitrogens with zero attached hydrogens (tertiary/aromatic N) is 2. The number of aromatic nitrogens is 2. The number of hydrogen-bond acceptors (Lipinski definition) is 3. The highest BCUT2D eigenvalue weighted by atomic mass is 35.7. The van der Waals surface area contributed by atoms with E-state index in [1.807, 2.05) is 6.92 Å². The summed E-state index contributed by atoms with van der Waals surface area (Å²) in [5.41, 5.74) is 0.660. The average molecular weight is 223 g/mol. The molecule has 0 amide bonds. The van der Waals surface area contributed by atoms with Crippen molar-refractivity contribution < 1.29 is 8.42 Å². The first-order chi connectivity index (χ1) is 5.95. The normalized spacial score (nSPS) is 11.9. The summed E-state index contributed by atoms with van der Waals surface area (Å²) < 4.78 is 23.5. The molecule has 0 saturated carbocycles. The van der Waals surface area contributed by atoms with Gasteiger partial charge in [0.25, 0.3) is 9.05 Å². The fraction of sp³-hybridized carbons (Fsp3) is 0.571. The van der Waals surface area contributed by atoms with Crippen LogP contribution in [-0.2, 0) is 15.6 Å². The lowest BCUT2D eigenvalue weighted by molar-refractivity contribution is 0.535. The van der Waals surface area contributed by atoms with Crippen molar-refractivity contribution in [2.75, 3.05) is 0 Å². The SMILES string of the molecule is CCCn1nc(C)cc1S(=O)(=O)Cl. The Morgan fingerprint density at radius 3 is 2.69 bits per heavy atom. The van der Waals surface area contributed by atoms with Crippen LogP contribution >= 0.6 is 10.7 Å². The molecule has 0 atom stereocenters. The second-order valence-electron chi connectivity index (χ2n) is 2.78. The van der Waals surface area contributed by atoms with E-state index in [9.17, 15) is 8.42 Å². The summed E-state index contributed by atoms with van der Waals surface area (Å²) in [6.07, 6.45) is 0.820. The molecule has 4 nitrogen and oxygen atoms in total. The smallest absolute Gasteiger partial charge is 0.253 e. The standard InChI is InChI=1S/C7H11ClN2O2S/c1-3-4-10-7(13(8,11)12)5-6(2)9-10/h5H,3-4H2,1-2H3. The Labute approximate surface area is 81.9 Å². The van der Waals surface area contributed by atoms with E-state index in [0.717, 1.165) is 6.42 Å². The van der Waals surface area contributed by atoms with Crippen molar-refractivity contribution >= 4 is 19.7 Å². The fourth-order valence-corrected chi connectivity index (χ4v) is 2.16. The molecule has 0 saturated heterocycles. The lowest BCUT2D eigenvalue weighted by Crippen LogP contribution is -2.06. The summed E-state index contributed by atoms with van der Waals surface area (Å²) in [4.78, 5) is 0. The van der Waals surface area contributed by atoms with Crippen molar-refractivity contribution in [2.45, 2.75) is 31.8 Å². The number of halogens is 1. The molecule has 0 spiro atoms. The average Bonchev–Trinajstić information content (AvgIpc) is 2.30. The quantitative estimate of drug-likeness (QED) is 0.729. The zero-order valence-corrected chi connectivity index (χ0v) is 9.06. The lowest BCUT2D eigenvalue weighted by Gasteiger charge is -2.01. The van der Waals surface area contributed by atoms with Gasteiger partial charge in [-0.25, -0.2) is 8.42 Å². The highest BCUT2D eigenvalue weighted by Crippen LogP contribution is 2.16. The number of hydrogen-bond donors (Lipinski definition) is 0. The maximum atomic E-state index is 11.0. The van der Waals surface area contributed by atoms with E-state index < -0.39 is 9.05 Å². The Balaban J connectivity index is 3.20. The van der Waals surface area contributed by atoms with Gasteiger partial charge >= 0.3 is 0 Å². The molecule has 0 bridgehead atoms. The second kappa shape index (κ2) is 3.67. The van der Waals surface area contributed by atoms with Gasteiger partial charge in [-0.05, 0) is 19.4 Å². The van der Waals surface area contributed by atoms with Gasteiger partial charge in [0, 0.05) is 17.2 Å². The van der Waals surface area contributed by atoms with E-state index in [2.05, 4.69) is 5.10 Å². The van der Waals surface area contributed by atoms with Crippen LogP contribution in [0, 0.1) is 6.92 Å². The van der Waals surface area contributed by atoms with E-state index in [1.165, 1.54) is 10.7 Å². The van der Waals surface area contributed by atoms with E-state index >= 15 is 0 Å². The zero-order chi connectivity index (χ0) is 10.1. The first kappa shape index (κ1) is 10.5. The second-order valence-corrected chi connectivity index (χ2v) is 5.30. The van der Waals surface area contributed by atoms with Crippen LogP contribution in [0.2, 0.25) is 0 Å². The third-order valence-corrected chi connectivity index (χ3v) is 2.85. The summed E-state index contributed by atoms with van der Waals surface area (Å²) in [6, 6.07) is 1.47. The van der Waals surface area contributed by atoms with Crippen molar-refractivity contribution in [3.05, 3.63) is 11.8 Å². The molecule has 0 aromatic carbocycles. The third-order valence-electron chi connectivity index (χ3n) is 1.55. The molecule has 0 fully saturated rings. The summed E-state index contributed by atoms with van der Waals surface area (Å²) in [6.45, 7) is 4.24. The Bertz CT molecular complexity index is 397. The van der Waals surface area contributed by atoms with Gasteiger partial charge in [0.05, 0.1) is 5.69 Å². The highest BCUT2D eigenvalue weighted by molar-refractivity contribution is 8.13. The van der Waals surface area contributed by atoms with Crippen molar-refractivity contribution in [2.24, 2.45) is 0 Å². The molecule has 0 aliphatic carbocycles. The molecule has 0 radical (unpaired) electrons. The van der Waals surface area contributed by atoms with Crippen LogP contribution in [0.4, 0.5) is 0 Å². The van der Waals surface area contributed by atoms with Crippen LogP contribution in [0.5, 0.6) is 0 Å². The molecular weight excluding hydrogens is 212 g/mol. The van der Waals surface area contributed by atoms with Gasteiger partial charge in [-0.15, -0.1) is 0 Å². The maximum absolute atomic E-state index is 11.0. The molecule has 1 rings (SSSR count). The molecule has 74 valence electrons. The van der Waals surface area contributed by atoms with Crippen molar-refractivity contribution in [1.82, 2.24) is 9.78 Å². The summed E-state index contributed by atoms with van der Waals surface area (Å²) in [7, 11) is 1.56. The topological polar surface area (TPSA) is 52.0 Å². The fourth-order valence-electron chi connectivity index (χ4n) is 1.09. The molecule has 0 N–H and O–H groups in total. The largest absolute Gasteiger partial charge is 0.278 e. The van der Waals surface area contributed by atoms with Gasteiger partial charge in [0.15, 0.2) is 5.03 Å². The van der Waals surface area contributed by atoms with Gasteiger partial charge in [-0.2, -0.15) is 5.10 Å². The molecule has 1 heterocycles. The summed E-state index contributed by atoms with van der Waals surface area (Å²) in [5.74, 6) is 0. The molecule has 0 aliphatic rings. The van der Waals surface area contributed by atoms with Gasteiger partial charge in [0.2, 0.25) is 0 Å². The Morgan fingerprint density at radius 1 is 1.62 bits per heavy atom. The van der Waals surface area contributed by atoms with E-state index in [0.29, 0.717) is 12.2 Å². The Morgan fingerprint density at radius 2 is 2.23 bits per heavy atom. The predicted molar refractivity (Wildman–Crippen MR) is 50.3 cm³/mol. The van der Waals surface area contributed by atoms with Crippen LogP contribution in [0.15, 0.2) is 11.1 Å². The lowest BCUT2D eigenvalue weighted by atomic mass is 10.5. The minimum absolute atomic E-state index is 0.0773. The van der Waals surface area contributed by atoms with E-state index in [4.69, 9.17) is 10.7 Å². The molecule has 0 unspecified atom stereocenters. The van der Waals surface area contributed by atoms with Crippen molar-refractivity contribution in [1.29, 1.82) is 0 Å². The molecule has 0 aliphatic heterocycles. The van der Waals surface area contributed by atoms with E-state index in [1.54, 1.807) is 6.92 Å². The Hall–Kier alpha value is -0.550. The zero-order valence-electron chi connectivity index (χ0n) is 7.49. The van der Waals surface area contributed by atoms with Gasteiger partial charge in [-0.3, -0.25) is 4.68 Å². The molecule has 13 heavy (non-hydrogen) atoms. The van der Waals surface area contributed by atoms with Crippen LogP contribution in [0.25, 0.3) is 0 Å². The summed E-state index contributed by atoms with van der Waals surface area (Å²) >= 11 is 0. The molecule has 1 aromatic rings. The van der Waals surface area contributed by atoms with Crippen LogP contribution in [-0.4, -0.2) is 18.2 Å². The monoisotopic (exact) mass is 222 g/mol. The predicted octanol–water partition coefficient (Wildman–Crippen LogP) is 1.53. The molecular formula is C7H11ClN2O2S. The van der Waals surface area contributed by atoms with Crippen LogP contribution in [0.1, 0.15) is 19.0 Å². The van der Waals surface area contributed by atoms with Crippen LogP contribution in [0.3, 0.4) is 0 Å². The minimum atomic E-state index is -3.66. The molecule has 6 heteroatoms. The first-order valence-corrected chi connectivity index (χ1v) is 6.25. The third kappa shape index (κ3) is 2.45. The molecule has 1 aromatic heterocycles.